The summed E-state index contributed by atoms with van der Waals surface area (Å²) >= 11 is 5.13. The summed E-state index contributed by atoms with van der Waals surface area (Å²) in [5.41, 5.74) is 2.08. The van der Waals surface area contributed by atoms with Gasteiger partial charge in [0.15, 0.2) is 0 Å². The molecule has 0 aliphatic carbocycles. The number of hydrogen-bond acceptors (Lipinski definition) is 2. The predicted molar refractivity (Wildman–Crippen MR) is 74.6 cm³/mol. The van der Waals surface area contributed by atoms with E-state index in [9.17, 15) is 0 Å². The van der Waals surface area contributed by atoms with Gasteiger partial charge in [0.25, 0.3) is 0 Å². The van der Waals surface area contributed by atoms with Gasteiger partial charge < -0.3 is 0 Å². The number of benzene rings is 1. The molecule has 17 heavy (non-hydrogen) atoms. The van der Waals surface area contributed by atoms with Gasteiger partial charge in [0.1, 0.15) is 5.69 Å². The van der Waals surface area contributed by atoms with E-state index in [0.717, 1.165) is 15.9 Å². The molecule has 4 heteroatoms. The Balaban J connectivity index is 1.98. The van der Waals surface area contributed by atoms with E-state index in [-0.39, 0.29) is 0 Å². The van der Waals surface area contributed by atoms with Crippen LogP contribution < -0.4 is 0 Å². The van der Waals surface area contributed by atoms with Gasteiger partial charge in [0.05, 0.1) is 10.6 Å². The van der Waals surface area contributed by atoms with E-state index in [1.165, 1.54) is 4.88 Å². The molecule has 0 amide bonds. The number of nitrogens with zero attached hydrogens (tertiary/aromatic N) is 2. The smallest absolute Gasteiger partial charge is 0.103 e. The lowest BCUT2D eigenvalue weighted by Crippen LogP contribution is -1.93. The highest BCUT2D eigenvalue weighted by atomic mass is 79.9. The van der Waals surface area contributed by atoms with Crippen molar-refractivity contribution in [2.24, 2.45) is 0 Å². The summed E-state index contributed by atoms with van der Waals surface area (Å²) in [7, 11) is 0. The first-order valence-corrected chi connectivity index (χ1v) is 6.86. The van der Waals surface area contributed by atoms with Crippen molar-refractivity contribution in [1.82, 2.24) is 9.78 Å². The molecular formula is C13H9BrN2S. The molecule has 0 radical (unpaired) electrons. The first-order chi connectivity index (χ1) is 8.33. The fourth-order valence-electron chi connectivity index (χ4n) is 1.62. The quantitative estimate of drug-likeness (QED) is 0.687. The van der Waals surface area contributed by atoms with Crippen LogP contribution in [0.15, 0.2) is 58.5 Å². The van der Waals surface area contributed by atoms with Gasteiger partial charge in [-0.3, -0.25) is 0 Å². The van der Waals surface area contributed by atoms with Gasteiger partial charge in [-0.25, -0.2) is 4.68 Å². The molecule has 2 heterocycles. The van der Waals surface area contributed by atoms with Crippen LogP contribution in [-0.4, -0.2) is 9.78 Å². The summed E-state index contributed by atoms with van der Waals surface area (Å²) in [5.74, 6) is 0. The minimum atomic E-state index is 1.02. The normalized spacial score (nSPS) is 10.6. The fourth-order valence-corrected chi connectivity index (χ4v) is 2.57. The van der Waals surface area contributed by atoms with E-state index in [2.05, 4.69) is 32.5 Å². The van der Waals surface area contributed by atoms with Crippen LogP contribution in [0.2, 0.25) is 0 Å². The van der Waals surface area contributed by atoms with Crippen LogP contribution in [0, 0.1) is 0 Å². The summed E-state index contributed by atoms with van der Waals surface area (Å²) in [6.45, 7) is 0. The Morgan fingerprint density at radius 3 is 2.59 bits per heavy atom. The molecule has 0 fully saturated rings. The van der Waals surface area contributed by atoms with Gasteiger partial charge >= 0.3 is 0 Å². The van der Waals surface area contributed by atoms with E-state index in [1.54, 1.807) is 11.3 Å². The fraction of sp³-hybridized carbons (Fsp3) is 0. The number of thiophene rings is 1. The third-order valence-corrected chi connectivity index (χ3v) is 3.87. The SMILES string of the molecule is Brc1ccc(-n2ccc(-c3cccs3)n2)cc1. The van der Waals surface area contributed by atoms with Crippen molar-refractivity contribution in [3.63, 3.8) is 0 Å². The van der Waals surface area contributed by atoms with Crippen LogP contribution in [0.1, 0.15) is 0 Å². The molecule has 2 aromatic heterocycles. The molecule has 2 nitrogen and oxygen atoms in total. The van der Waals surface area contributed by atoms with Gasteiger partial charge in [0.2, 0.25) is 0 Å². The topological polar surface area (TPSA) is 17.8 Å². The van der Waals surface area contributed by atoms with Crippen LogP contribution in [0.5, 0.6) is 0 Å². The summed E-state index contributed by atoms with van der Waals surface area (Å²) < 4.78 is 2.97. The van der Waals surface area contributed by atoms with E-state index in [4.69, 9.17) is 0 Å². The molecular weight excluding hydrogens is 296 g/mol. The number of halogens is 1. The third kappa shape index (κ3) is 2.18. The second-order valence-electron chi connectivity index (χ2n) is 3.60. The van der Waals surface area contributed by atoms with E-state index < -0.39 is 0 Å². The number of aromatic nitrogens is 2. The Hall–Kier alpha value is -1.39. The van der Waals surface area contributed by atoms with Crippen LogP contribution in [-0.2, 0) is 0 Å². The second kappa shape index (κ2) is 4.47. The van der Waals surface area contributed by atoms with Crippen LogP contribution in [0.25, 0.3) is 16.3 Å². The Morgan fingerprint density at radius 2 is 1.88 bits per heavy atom. The molecule has 1 aromatic carbocycles. The van der Waals surface area contributed by atoms with E-state index >= 15 is 0 Å². The van der Waals surface area contributed by atoms with Gasteiger partial charge in [-0.1, -0.05) is 22.0 Å². The van der Waals surface area contributed by atoms with Gasteiger partial charge in [-0.2, -0.15) is 5.10 Å². The molecule has 3 rings (SSSR count). The summed E-state index contributed by atoms with van der Waals surface area (Å²) in [4.78, 5) is 1.20. The van der Waals surface area contributed by atoms with Crippen molar-refractivity contribution < 1.29 is 0 Å². The van der Waals surface area contributed by atoms with Crippen molar-refractivity contribution in [1.29, 1.82) is 0 Å². The summed E-state index contributed by atoms with van der Waals surface area (Å²) in [5, 5.41) is 6.63. The zero-order valence-electron chi connectivity index (χ0n) is 8.88. The van der Waals surface area contributed by atoms with Crippen LogP contribution in [0.4, 0.5) is 0 Å². The first-order valence-electron chi connectivity index (χ1n) is 5.18. The molecule has 0 spiro atoms. The Bertz CT molecular complexity index is 611. The Kier molecular flexibility index (Phi) is 2.82. The molecule has 0 bridgehead atoms. The van der Waals surface area contributed by atoms with E-state index in [0.29, 0.717) is 0 Å². The van der Waals surface area contributed by atoms with Crippen molar-refractivity contribution in [2.45, 2.75) is 0 Å². The molecule has 84 valence electrons. The molecule has 3 aromatic rings. The van der Waals surface area contributed by atoms with Gasteiger partial charge in [0, 0.05) is 10.7 Å². The number of rotatable bonds is 2. The predicted octanol–water partition coefficient (Wildman–Crippen LogP) is 4.36. The molecule has 0 saturated carbocycles. The monoisotopic (exact) mass is 304 g/mol. The standard InChI is InChI=1S/C13H9BrN2S/c14-10-3-5-11(6-4-10)16-8-7-12(15-16)13-2-1-9-17-13/h1-9H. The minimum absolute atomic E-state index is 1.02. The molecule has 0 N–H and O–H groups in total. The zero-order valence-corrected chi connectivity index (χ0v) is 11.3. The number of hydrogen-bond donors (Lipinski definition) is 0. The first kappa shape index (κ1) is 10.7. The lowest BCUT2D eigenvalue weighted by Gasteiger charge is -2.00. The molecule has 0 aliphatic heterocycles. The van der Waals surface area contributed by atoms with Gasteiger partial charge in [-0.05, 0) is 41.8 Å². The average molecular weight is 305 g/mol. The maximum absolute atomic E-state index is 4.56. The third-order valence-electron chi connectivity index (χ3n) is 2.45. The maximum atomic E-state index is 4.56. The zero-order chi connectivity index (χ0) is 11.7. The largest absolute Gasteiger partial charge is 0.240 e. The highest BCUT2D eigenvalue weighted by molar-refractivity contribution is 9.10. The van der Waals surface area contributed by atoms with E-state index in [1.807, 2.05) is 47.3 Å². The molecule has 0 aliphatic rings. The van der Waals surface area contributed by atoms with Crippen LogP contribution in [0.3, 0.4) is 0 Å². The molecule has 0 saturated heterocycles. The maximum Gasteiger partial charge on any atom is 0.103 e. The second-order valence-corrected chi connectivity index (χ2v) is 5.46. The van der Waals surface area contributed by atoms with Crippen molar-refractivity contribution in [3.05, 3.63) is 58.5 Å². The highest BCUT2D eigenvalue weighted by Crippen LogP contribution is 2.23. The molecule has 0 atom stereocenters. The minimum Gasteiger partial charge on any atom is -0.240 e. The van der Waals surface area contributed by atoms with Crippen molar-refractivity contribution in [3.8, 4) is 16.3 Å². The lowest BCUT2D eigenvalue weighted by molar-refractivity contribution is 0.885. The highest BCUT2D eigenvalue weighted by Gasteiger charge is 2.04. The lowest BCUT2D eigenvalue weighted by atomic mass is 10.3. The molecule has 0 unspecified atom stereocenters. The summed E-state index contributed by atoms with van der Waals surface area (Å²) in [6.07, 6.45) is 1.98. The van der Waals surface area contributed by atoms with Crippen molar-refractivity contribution >= 4 is 27.3 Å². The average Bonchev–Trinajstić information content (AvgIpc) is 3.00. The van der Waals surface area contributed by atoms with Gasteiger partial charge in [-0.15, -0.1) is 11.3 Å². The summed E-state index contributed by atoms with van der Waals surface area (Å²) in [6, 6.07) is 14.3. The Morgan fingerprint density at radius 1 is 1.06 bits per heavy atom. The Labute approximate surface area is 112 Å². The van der Waals surface area contributed by atoms with Crippen molar-refractivity contribution in [2.75, 3.05) is 0 Å². The van der Waals surface area contributed by atoms with Crippen LogP contribution >= 0.6 is 27.3 Å².